The summed E-state index contributed by atoms with van der Waals surface area (Å²) in [6, 6.07) is 9.13. The predicted molar refractivity (Wildman–Crippen MR) is 130 cm³/mol. The van der Waals surface area contributed by atoms with Crippen LogP contribution in [-0.2, 0) is 4.79 Å². The molecule has 1 atom stereocenters. The number of ether oxygens (including phenoxy) is 2. The van der Waals surface area contributed by atoms with Crippen LogP contribution in [0.1, 0.15) is 62.7 Å². The first kappa shape index (κ1) is 27.6. The topological polar surface area (TPSA) is 55.8 Å². The molecule has 0 radical (unpaired) electrons. The molecule has 0 aromatic heterocycles. The average Bonchev–Trinajstić information content (AvgIpc) is 2.90. The van der Waals surface area contributed by atoms with Crippen LogP contribution in [0.3, 0.4) is 0 Å². The van der Waals surface area contributed by atoms with Gasteiger partial charge < -0.3 is 14.6 Å². The summed E-state index contributed by atoms with van der Waals surface area (Å²) in [4.78, 5) is 12.6. The van der Waals surface area contributed by atoms with E-state index < -0.39 is 52.8 Å². The highest BCUT2D eigenvalue weighted by Crippen LogP contribution is 2.39. The van der Waals surface area contributed by atoms with Crippen molar-refractivity contribution in [3.05, 3.63) is 82.7 Å². The molecular formula is C29H27F5O4. The minimum Gasteiger partial charge on any atom is -0.491 e. The highest BCUT2D eigenvalue weighted by Gasteiger charge is 2.30. The van der Waals surface area contributed by atoms with Crippen molar-refractivity contribution in [2.75, 3.05) is 6.61 Å². The quantitative estimate of drug-likeness (QED) is 0.195. The van der Waals surface area contributed by atoms with Gasteiger partial charge in [0.05, 0.1) is 18.6 Å². The zero-order chi connectivity index (χ0) is 27.6. The van der Waals surface area contributed by atoms with Crippen molar-refractivity contribution >= 4 is 5.97 Å². The normalized spacial score (nSPS) is 18.2. The molecule has 1 unspecified atom stereocenters. The Morgan fingerprint density at radius 2 is 1.50 bits per heavy atom. The van der Waals surface area contributed by atoms with E-state index in [1.807, 2.05) is 0 Å². The highest BCUT2D eigenvalue weighted by atomic mass is 19.2. The monoisotopic (exact) mass is 534 g/mol. The van der Waals surface area contributed by atoms with Crippen LogP contribution in [0.4, 0.5) is 22.0 Å². The van der Waals surface area contributed by atoms with E-state index in [1.54, 1.807) is 13.0 Å². The summed E-state index contributed by atoms with van der Waals surface area (Å²) in [5.74, 6) is -7.81. The molecule has 4 rings (SSSR count). The maximum atomic E-state index is 15.0. The Bertz CT molecular complexity index is 1330. The van der Waals surface area contributed by atoms with Crippen LogP contribution in [-0.4, -0.2) is 17.7 Å². The average molecular weight is 535 g/mol. The lowest BCUT2D eigenvalue weighted by Gasteiger charge is -2.27. The minimum absolute atomic E-state index is 0.0796. The first-order valence-electron chi connectivity index (χ1n) is 12.4. The molecule has 1 aliphatic rings. The van der Waals surface area contributed by atoms with Crippen LogP contribution in [0, 0.1) is 35.0 Å². The molecule has 0 amide bonds. The Morgan fingerprint density at radius 1 is 0.868 bits per heavy atom. The SMILES string of the molecule is CCOc1ccc(-c2ccc(C3CCC(C(=O)Oc4ccc(C(C)O)c(F)c4F)CC3)cc2F)c(F)c1F. The van der Waals surface area contributed by atoms with Gasteiger partial charge >= 0.3 is 5.97 Å². The molecule has 9 heteroatoms. The number of esters is 1. The number of carbonyl (C=O) groups is 1. The van der Waals surface area contributed by atoms with Crippen molar-refractivity contribution in [1.29, 1.82) is 0 Å². The fourth-order valence-electron chi connectivity index (χ4n) is 4.81. The van der Waals surface area contributed by atoms with E-state index in [-0.39, 0.29) is 35.0 Å². The van der Waals surface area contributed by atoms with Gasteiger partial charge in [0.1, 0.15) is 5.82 Å². The minimum atomic E-state index is -1.34. The van der Waals surface area contributed by atoms with Crippen LogP contribution in [0.5, 0.6) is 11.5 Å². The first-order chi connectivity index (χ1) is 18.1. The van der Waals surface area contributed by atoms with Crippen LogP contribution < -0.4 is 9.47 Å². The van der Waals surface area contributed by atoms with Crippen LogP contribution >= 0.6 is 0 Å². The molecular weight excluding hydrogens is 507 g/mol. The van der Waals surface area contributed by atoms with Crippen LogP contribution in [0.2, 0.25) is 0 Å². The lowest BCUT2D eigenvalue weighted by atomic mass is 9.78. The summed E-state index contributed by atoms with van der Waals surface area (Å²) in [7, 11) is 0. The van der Waals surface area contributed by atoms with Crippen LogP contribution in [0.15, 0.2) is 42.5 Å². The van der Waals surface area contributed by atoms with E-state index in [9.17, 15) is 31.9 Å². The Balaban J connectivity index is 1.41. The number of benzene rings is 3. The Morgan fingerprint density at radius 3 is 2.13 bits per heavy atom. The third-order valence-corrected chi connectivity index (χ3v) is 6.90. The summed E-state index contributed by atoms with van der Waals surface area (Å²) in [6.45, 7) is 3.09. The maximum absolute atomic E-state index is 15.0. The summed E-state index contributed by atoms with van der Waals surface area (Å²) >= 11 is 0. The van der Waals surface area contributed by atoms with Gasteiger partial charge in [0.15, 0.2) is 23.1 Å². The number of rotatable bonds is 7. The van der Waals surface area contributed by atoms with Crippen molar-refractivity contribution in [2.45, 2.75) is 51.6 Å². The van der Waals surface area contributed by atoms with Gasteiger partial charge in [-0.1, -0.05) is 12.1 Å². The van der Waals surface area contributed by atoms with Crippen LogP contribution in [0.25, 0.3) is 11.1 Å². The van der Waals surface area contributed by atoms with Crippen molar-refractivity contribution in [1.82, 2.24) is 0 Å². The molecule has 1 fully saturated rings. The number of halogens is 5. The zero-order valence-electron chi connectivity index (χ0n) is 20.9. The van der Waals surface area contributed by atoms with Crippen molar-refractivity contribution in [2.24, 2.45) is 5.92 Å². The van der Waals surface area contributed by atoms with Gasteiger partial charge in [-0.2, -0.15) is 8.78 Å². The van der Waals surface area contributed by atoms with Crippen molar-refractivity contribution < 1.29 is 41.3 Å². The third kappa shape index (κ3) is 5.53. The van der Waals surface area contributed by atoms with Gasteiger partial charge in [-0.05, 0) is 81.3 Å². The fraction of sp³-hybridized carbons (Fsp3) is 0.345. The molecule has 3 aromatic rings. The molecule has 38 heavy (non-hydrogen) atoms. The largest absolute Gasteiger partial charge is 0.491 e. The van der Waals surface area contributed by atoms with Gasteiger partial charge in [-0.3, -0.25) is 4.79 Å². The van der Waals surface area contributed by atoms with Gasteiger partial charge in [-0.25, -0.2) is 13.2 Å². The lowest BCUT2D eigenvalue weighted by Crippen LogP contribution is -2.25. The summed E-state index contributed by atoms with van der Waals surface area (Å²) in [6.07, 6.45) is 0.595. The van der Waals surface area contributed by atoms with Crippen molar-refractivity contribution in [3.63, 3.8) is 0 Å². The van der Waals surface area contributed by atoms with Gasteiger partial charge in [0.2, 0.25) is 11.6 Å². The summed E-state index contributed by atoms with van der Waals surface area (Å²) in [5.41, 5.74) is 0.121. The van der Waals surface area contributed by atoms with E-state index in [0.717, 1.165) is 12.1 Å². The summed E-state index contributed by atoms with van der Waals surface area (Å²) < 4.78 is 82.3. The van der Waals surface area contributed by atoms with Gasteiger partial charge in [-0.15, -0.1) is 0 Å². The van der Waals surface area contributed by atoms with Crippen molar-refractivity contribution in [3.8, 4) is 22.6 Å². The Kier molecular flexibility index (Phi) is 8.35. The fourth-order valence-corrected chi connectivity index (χ4v) is 4.81. The van der Waals surface area contributed by atoms with E-state index in [0.29, 0.717) is 31.2 Å². The second-order valence-corrected chi connectivity index (χ2v) is 9.34. The first-order valence-corrected chi connectivity index (χ1v) is 12.4. The van der Waals surface area contributed by atoms with Gasteiger partial charge in [0.25, 0.3) is 0 Å². The molecule has 0 spiro atoms. The predicted octanol–water partition coefficient (Wildman–Crippen LogP) is 7.38. The maximum Gasteiger partial charge on any atom is 0.314 e. The molecule has 0 aliphatic heterocycles. The molecule has 1 N–H and O–H groups in total. The number of carbonyl (C=O) groups excluding carboxylic acids is 1. The molecule has 4 nitrogen and oxygen atoms in total. The second-order valence-electron chi connectivity index (χ2n) is 9.34. The second kappa shape index (κ2) is 11.5. The summed E-state index contributed by atoms with van der Waals surface area (Å²) in [5, 5.41) is 9.49. The van der Waals surface area contributed by atoms with E-state index in [4.69, 9.17) is 9.47 Å². The van der Waals surface area contributed by atoms with E-state index in [1.165, 1.54) is 31.2 Å². The third-order valence-electron chi connectivity index (χ3n) is 6.90. The Labute approximate surface area is 217 Å². The molecule has 0 saturated heterocycles. The molecule has 0 bridgehead atoms. The highest BCUT2D eigenvalue weighted by molar-refractivity contribution is 5.75. The Hall–Kier alpha value is -3.46. The number of aliphatic hydroxyl groups excluding tert-OH is 1. The molecule has 3 aromatic carbocycles. The van der Waals surface area contributed by atoms with E-state index in [2.05, 4.69) is 0 Å². The van der Waals surface area contributed by atoms with E-state index >= 15 is 0 Å². The molecule has 1 saturated carbocycles. The molecule has 202 valence electrons. The standard InChI is InChI=1S/C29H27F5O4/c1-3-37-23-12-11-21(26(32)27(23)33)20-9-8-18(14-22(20)30)16-4-6-17(7-5-16)29(36)38-24-13-10-19(15(2)35)25(31)28(24)34/h8-17,35H,3-7H2,1-2H3. The molecule has 0 heterocycles. The van der Waals surface area contributed by atoms with Gasteiger partial charge in [0, 0.05) is 16.7 Å². The number of aliphatic hydroxyl groups is 1. The smallest absolute Gasteiger partial charge is 0.314 e. The lowest BCUT2D eigenvalue weighted by molar-refractivity contribution is -0.140. The zero-order valence-corrected chi connectivity index (χ0v) is 20.9. The molecule has 1 aliphatic carbocycles. The number of hydrogen-bond donors (Lipinski definition) is 1. The number of hydrogen-bond acceptors (Lipinski definition) is 4.